The maximum Gasteiger partial charge on any atom is 0.298 e. The molecule has 132 valence electrons. The number of carbonyl (C=O) groups excluding carboxylic acids is 2. The van der Waals surface area contributed by atoms with Gasteiger partial charge in [-0.15, -0.1) is 0 Å². The maximum atomic E-state index is 12.7. The number of anilines is 1. The van der Waals surface area contributed by atoms with Gasteiger partial charge in [-0.1, -0.05) is 48.5 Å². The number of nitrogens with zero attached hydrogens (tertiary/aromatic N) is 1. The van der Waals surface area contributed by atoms with Crippen LogP contribution < -0.4 is 9.64 Å². The number of rotatable bonds is 4. The van der Waals surface area contributed by atoms with E-state index in [0.29, 0.717) is 16.3 Å². The van der Waals surface area contributed by atoms with E-state index in [-0.39, 0.29) is 11.1 Å². The van der Waals surface area contributed by atoms with Crippen LogP contribution in [0, 0.1) is 0 Å². The first kappa shape index (κ1) is 17.1. The van der Waals surface area contributed by atoms with Gasteiger partial charge in [-0.3, -0.25) is 9.59 Å². The smallest absolute Gasteiger partial charge is 0.298 e. The molecular weight excluding hydrogens is 358 g/mol. The van der Waals surface area contributed by atoms with Crippen molar-refractivity contribution in [3.05, 3.63) is 95.4 Å². The summed E-state index contributed by atoms with van der Waals surface area (Å²) in [5.41, 5.74) is 1.37. The van der Waals surface area contributed by atoms with Crippen molar-refractivity contribution in [3.63, 3.8) is 0 Å². The van der Waals surface area contributed by atoms with Crippen molar-refractivity contribution >= 4 is 34.7 Å². The van der Waals surface area contributed by atoms with E-state index in [1.807, 2.05) is 60.7 Å². The van der Waals surface area contributed by atoms with Crippen molar-refractivity contribution in [2.75, 3.05) is 4.90 Å². The summed E-state index contributed by atoms with van der Waals surface area (Å²) < 4.78 is 5.82. The Bertz CT molecular complexity index is 1020. The highest BCUT2D eigenvalue weighted by Gasteiger charge is 2.36. The van der Waals surface area contributed by atoms with E-state index in [2.05, 4.69) is 0 Å². The predicted octanol–water partition coefficient (Wildman–Crippen LogP) is 5.72. The van der Waals surface area contributed by atoms with E-state index >= 15 is 0 Å². The third-order valence-corrected chi connectivity index (χ3v) is 4.81. The molecule has 1 saturated heterocycles. The fraction of sp³-hybridized carbons (Fsp3) is 0. The summed E-state index contributed by atoms with van der Waals surface area (Å²) in [6.45, 7) is 0. The molecule has 1 aliphatic rings. The zero-order valence-electron chi connectivity index (χ0n) is 14.2. The number of benzene rings is 3. The third-order valence-electron chi connectivity index (χ3n) is 3.94. The standard InChI is InChI=1S/C22H15NO3S/c24-21-20(27-22(25)23(21)17-9-3-1-4-10-17)15-16-8-7-13-19(14-16)26-18-11-5-2-6-12-18/h1-15H/b20-15-. The van der Waals surface area contributed by atoms with E-state index in [4.69, 9.17) is 4.74 Å². The highest BCUT2D eigenvalue weighted by atomic mass is 32.2. The number of thioether (sulfide) groups is 1. The van der Waals surface area contributed by atoms with Crippen LogP contribution in [0.1, 0.15) is 5.56 Å². The Morgan fingerprint density at radius 3 is 2.19 bits per heavy atom. The number of imide groups is 1. The summed E-state index contributed by atoms with van der Waals surface area (Å²) in [5.74, 6) is 1.09. The Hall–Kier alpha value is -3.31. The minimum absolute atomic E-state index is 0.297. The molecule has 0 aromatic heterocycles. The van der Waals surface area contributed by atoms with E-state index in [1.165, 1.54) is 4.90 Å². The third kappa shape index (κ3) is 3.78. The Balaban J connectivity index is 1.58. The van der Waals surface area contributed by atoms with Gasteiger partial charge in [0.15, 0.2) is 0 Å². The van der Waals surface area contributed by atoms with Gasteiger partial charge in [-0.2, -0.15) is 0 Å². The maximum absolute atomic E-state index is 12.7. The largest absolute Gasteiger partial charge is 0.457 e. The molecule has 5 heteroatoms. The summed E-state index contributed by atoms with van der Waals surface area (Å²) in [6.07, 6.45) is 1.71. The molecular formula is C22H15NO3S. The second-order valence-electron chi connectivity index (χ2n) is 5.84. The molecule has 0 atom stereocenters. The molecule has 0 N–H and O–H groups in total. The lowest BCUT2D eigenvalue weighted by atomic mass is 10.2. The Kier molecular flexibility index (Phi) is 4.77. The first-order valence-electron chi connectivity index (χ1n) is 8.37. The second kappa shape index (κ2) is 7.51. The molecule has 0 spiro atoms. The summed E-state index contributed by atoms with van der Waals surface area (Å²) in [4.78, 5) is 26.6. The number of hydrogen-bond donors (Lipinski definition) is 0. The molecule has 1 fully saturated rings. The van der Waals surface area contributed by atoms with Gasteiger partial charge in [0.1, 0.15) is 11.5 Å². The molecule has 4 rings (SSSR count). The quantitative estimate of drug-likeness (QED) is 0.549. The first-order valence-corrected chi connectivity index (χ1v) is 9.18. The van der Waals surface area contributed by atoms with E-state index in [9.17, 15) is 9.59 Å². The lowest BCUT2D eigenvalue weighted by molar-refractivity contribution is -0.113. The average molecular weight is 373 g/mol. The van der Waals surface area contributed by atoms with Crippen LogP contribution in [0.2, 0.25) is 0 Å². The van der Waals surface area contributed by atoms with E-state index in [1.54, 1.807) is 30.3 Å². The molecule has 2 amide bonds. The molecule has 1 aliphatic heterocycles. The fourth-order valence-electron chi connectivity index (χ4n) is 2.71. The van der Waals surface area contributed by atoms with Gasteiger partial charge in [0, 0.05) is 0 Å². The molecule has 0 aliphatic carbocycles. The lowest BCUT2D eigenvalue weighted by Gasteiger charge is -2.11. The fourth-order valence-corrected chi connectivity index (χ4v) is 3.55. The van der Waals surface area contributed by atoms with E-state index in [0.717, 1.165) is 23.1 Å². The zero-order valence-corrected chi connectivity index (χ0v) is 15.1. The van der Waals surface area contributed by atoms with Crippen molar-refractivity contribution in [1.29, 1.82) is 0 Å². The van der Waals surface area contributed by atoms with Crippen LogP contribution in [0.5, 0.6) is 11.5 Å². The summed E-state index contributed by atoms with van der Waals surface area (Å²) in [5, 5.41) is -0.297. The molecule has 0 bridgehead atoms. The predicted molar refractivity (Wildman–Crippen MR) is 108 cm³/mol. The van der Waals surface area contributed by atoms with Crippen molar-refractivity contribution in [2.45, 2.75) is 0 Å². The summed E-state index contributed by atoms with van der Waals surface area (Å²) in [7, 11) is 0. The van der Waals surface area contributed by atoms with Crippen LogP contribution in [0.15, 0.2) is 89.8 Å². The van der Waals surface area contributed by atoms with Gasteiger partial charge in [0.2, 0.25) is 0 Å². The Morgan fingerprint density at radius 2 is 1.44 bits per heavy atom. The topological polar surface area (TPSA) is 46.6 Å². The van der Waals surface area contributed by atoms with Crippen molar-refractivity contribution in [2.24, 2.45) is 0 Å². The van der Waals surface area contributed by atoms with Crippen molar-refractivity contribution in [3.8, 4) is 11.5 Å². The molecule has 27 heavy (non-hydrogen) atoms. The van der Waals surface area contributed by atoms with Crippen LogP contribution in [0.4, 0.5) is 10.5 Å². The zero-order chi connectivity index (χ0) is 18.6. The number of para-hydroxylation sites is 2. The van der Waals surface area contributed by atoms with Gasteiger partial charge in [-0.25, -0.2) is 4.90 Å². The number of ether oxygens (including phenoxy) is 1. The molecule has 4 nitrogen and oxygen atoms in total. The van der Waals surface area contributed by atoms with Crippen molar-refractivity contribution in [1.82, 2.24) is 0 Å². The van der Waals surface area contributed by atoms with Gasteiger partial charge in [0.05, 0.1) is 10.6 Å². The lowest BCUT2D eigenvalue weighted by Crippen LogP contribution is -2.27. The van der Waals surface area contributed by atoms with Crippen LogP contribution in [-0.4, -0.2) is 11.1 Å². The Morgan fingerprint density at radius 1 is 0.778 bits per heavy atom. The van der Waals surface area contributed by atoms with E-state index < -0.39 is 0 Å². The second-order valence-corrected chi connectivity index (χ2v) is 6.83. The van der Waals surface area contributed by atoms with Crippen molar-refractivity contribution < 1.29 is 14.3 Å². The van der Waals surface area contributed by atoms with Crippen LogP contribution in [-0.2, 0) is 4.79 Å². The number of carbonyl (C=O) groups is 2. The normalized spacial score (nSPS) is 15.4. The molecule has 1 heterocycles. The Labute approximate surface area is 161 Å². The molecule has 3 aromatic rings. The first-order chi connectivity index (χ1) is 13.2. The van der Waals surface area contributed by atoms with Gasteiger partial charge in [0.25, 0.3) is 11.1 Å². The average Bonchev–Trinajstić information content (AvgIpc) is 2.97. The monoisotopic (exact) mass is 373 g/mol. The van der Waals surface area contributed by atoms with Crippen LogP contribution in [0.3, 0.4) is 0 Å². The minimum atomic E-state index is -0.314. The highest BCUT2D eigenvalue weighted by Crippen LogP contribution is 2.36. The summed E-state index contributed by atoms with van der Waals surface area (Å²) in [6, 6.07) is 25.8. The molecule has 0 unspecified atom stereocenters. The SMILES string of the molecule is O=C1S/C(=C\c2cccc(Oc3ccccc3)c2)C(=O)N1c1ccccc1. The summed E-state index contributed by atoms with van der Waals surface area (Å²) >= 11 is 0.939. The highest BCUT2D eigenvalue weighted by molar-refractivity contribution is 8.19. The molecule has 3 aromatic carbocycles. The minimum Gasteiger partial charge on any atom is -0.457 e. The van der Waals surface area contributed by atoms with Gasteiger partial charge in [-0.05, 0) is 59.8 Å². The number of amides is 2. The van der Waals surface area contributed by atoms with Gasteiger partial charge < -0.3 is 4.74 Å². The van der Waals surface area contributed by atoms with Gasteiger partial charge >= 0.3 is 0 Å². The van der Waals surface area contributed by atoms with Crippen LogP contribution >= 0.6 is 11.8 Å². The van der Waals surface area contributed by atoms with Crippen LogP contribution in [0.25, 0.3) is 6.08 Å². The molecule has 0 saturated carbocycles. The number of hydrogen-bond acceptors (Lipinski definition) is 4. The molecule has 0 radical (unpaired) electrons.